The molecule has 1 unspecified atom stereocenters. The Hall–Kier alpha value is -3.43. The van der Waals surface area contributed by atoms with Gasteiger partial charge in [-0.1, -0.05) is 29.2 Å². The fourth-order valence-corrected chi connectivity index (χ4v) is 6.17. The van der Waals surface area contributed by atoms with E-state index >= 15 is 0 Å². The summed E-state index contributed by atoms with van der Waals surface area (Å²) >= 11 is 6.12. The highest BCUT2D eigenvalue weighted by atomic mass is 35.5. The molecule has 0 radical (unpaired) electrons. The van der Waals surface area contributed by atoms with Gasteiger partial charge in [-0.05, 0) is 75.4 Å². The monoisotopic (exact) mass is 553 g/mol. The number of cyclic esters (lactones) is 1. The second-order valence-electron chi connectivity index (χ2n) is 10.1. The molecular weight excluding hydrogens is 523 g/mol. The smallest absolute Gasteiger partial charge is 0.414 e. The lowest BCUT2D eigenvalue weighted by Gasteiger charge is -2.41. The molecule has 1 amide bonds. The van der Waals surface area contributed by atoms with Crippen molar-refractivity contribution in [1.29, 1.82) is 0 Å². The number of methoxy groups -OCH3 is 1. The first-order valence-electron chi connectivity index (χ1n) is 13.6. The van der Waals surface area contributed by atoms with Crippen LogP contribution in [0.25, 0.3) is 22.2 Å². The lowest BCUT2D eigenvalue weighted by molar-refractivity contribution is -0.105. The highest BCUT2D eigenvalue weighted by molar-refractivity contribution is 6.31. The van der Waals surface area contributed by atoms with Crippen LogP contribution in [0.5, 0.6) is 0 Å². The molecule has 8 nitrogen and oxygen atoms in total. The standard InChI is InChI=1S/C29H30ClFN4O4/c1-17-26(18(2)39-33-17)19-7-10-24-23(15-19)32-27(35(24)29(37-3)12-5-4-6-13-29)25-11-14-38-28(36)34(25)20-8-9-22(31)21(30)16-20/h7-10,15-16,25H,4-6,11-14H2,1-3H3/i4D. The molecule has 204 valence electrons. The first kappa shape index (κ1) is 24.6. The molecule has 0 spiro atoms. The Morgan fingerprint density at radius 1 is 1.21 bits per heavy atom. The molecule has 1 aliphatic heterocycles. The first-order valence-corrected chi connectivity index (χ1v) is 13.4. The molecule has 1 saturated heterocycles. The molecule has 6 rings (SSSR count). The average Bonchev–Trinajstić information content (AvgIpc) is 3.50. The van der Waals surface area contributed by atoms with E-state index in [1.54, 1.807) is 7.11 Å². The molecule has 10 heteroatoms. The third kappa shape index (κ3) is 4.28. The van der Waals surface area contributed by atoms with Crippen LogP contribution in [0.1, 0.15) is 63.2 Å². The second-order valence-corrected chi connectivity index (χ2v) is 10.5. The van der Waals surface area contributed by atoms with Crippen molar-refractivity contribution in [1.82, 2.24) is 14.7 Å². The highest BCUT2D eigenvalue weighted by Gasteiger charge is 2.42. The Kier molecular flexibility index (Phi) is 6.28. The fraction of sp³-hybridized carbons (Fsp3) is 0.414. The number of halogens is 2. The molecular formula is C29H30ClFN4O4. The third-order valence-corrected chi connectivity index (χ3v) is 8.16. The number of aryl methyl sites for hydroxylation is 2. The van der Waals surface area contributed by atoms with Gasteiger partial charge in [-0.25, -0.2) is 14.2 Å². The van der Waals surface area contributed by atoms with Gasteiger partial charge in [0.05, 0.1) is 28.4 Å². The van der Waals surface area contributed by atoms with Crippen LogP contribution >= 0.6 is 11.6 Å². The SMILES string of the molecule is [2H]C1CCC(OC)(n2c(C3CCOC(=O)N3c3ccc(F)c(Cl)c3)nc3cc(-c4c(C)noc4C)ccc32)CC1. The number of aromatic nitrogens is 3. The van der Waals surface area contributed by atoms with Gasteiger partial charge in [0.1, 0.15) is 29.2 Å². The number of anilines is 1. The van der Waals surface area contributed by atoms with Gasteiger partial charge in [0.15, 0.2) is 0 Å². The molecule has 2 aliphatic rings. The van der Waals surface area contributed by atoms with Crippen molar-refractivity contribution < 1.29 is 24.6 Å². The quantitative estimate of drug-likeness (QED) is 0.255. The van der Waals surface area contributed by atoms with Crippen LogP contribution in [0.2, 0.25) is 5.02 Å². The van der Waals surface area contributed by atoms with E-state index < -0.39 is 23.7 Å². The number of imidazole rings is 1. The number of fused-ring (bicyclic) bond motifs is 1. The van der Waals surface area contributed by atoms with Crippen LogP contribution in [0.3, 0.4) is 0 Å². The van der Waals surface area contributed by atoms with Crippen molar-refractivity contribution >= 4 is 34.4 Å². The maximum atomic E-state index is 14.0. The number of hydrogen-bond donors (Lipinski definition) is 0. The average molecular weight is 554 g/mol. The molecule has 4 aromatic rings. The minimum Gasteiger partial charge on any atom is -0.449 e. The van der Waals surface area contributed by atoms with E-state index in [-0.39, 0.29) is 18.0 Å². The Balaban J connectivity index is 1.57. The molecule has 2 fully saturated rings. The number of hydrogen-bond acceptors (Lipinski definition) is 6. The van der Waals surface area contributed by atoms with Crippen molar-refractivity contribution in [2.24, 2.45) is 0 Å². The molecule has 0 N–H and O–H groups in total. The van der Waals surface area contributed by atoms with Crippen LogP contribution in [-0.4, -0.2) is 34.5 Å². The number of rotatable bonds is 5. The summed E-state index contributed by atoms with van der Waals surface area (Å²) in [6, 6.07) is 9.68. The van der Waals surface area contributed by atoms with Crippen molar-refractivity contribution in [3.05, 3.63) is 64.5 Å². The Labute approximate surface area is 232 Å². The molecule has 1 atom stereocenters. The summed E-state index contributed by atoms with van der Waals surface area (Å²) in [6.45, 7) is 3.98. The maximum absolute atomic E-state index is 14.0. The van der Waals surface area contributed by atoms with Gasteiger partial charge in [0, 0.05) is 26.2 Å². The summed E-state index contributed by atoms with van der Waals surface area (Å²) in [7, 11) is 1.69. The molecule has 1 saturated carbocycles. The fourth-order valence-electron chi connectivity index (χ4n) is 5.99. The van der Waals surface area contributed by atoms with Crippen molar-refractivity contribution in [2.45, 2.75) is 64.1 Å². The molecule has 0 bridgehead atoms. The van der Waals surface area contributed by atoms with E-state index in [1.807, 2.05) is 32.0 Å². The van der Waals surface area contributed by atoms with Gasteiger partial charge in [-0.15, -0.1) is 0 Å². The number of nitrogens with zero attached hydrogens (tertiary/aromatic N) is 4. The van der Waals surface area contributed by atoms with Crippen molar-refractivity contribution in [2.75, 3.05) is 18.6 Å². The number of ether oxygens (including phenoxy) is 2. The lowest BCUT2D eigenvalue weighted by atomic mass is 9.90. The van der Waals surface area contributed by atoms with Gasteiger partial charge in [-0.3, -0.25) is 9.47 Å². The molecule has 2 aromatic carbocycles. The molecule has 2 aromatic heterocycles. The van der Waals surface area contributed by atoms with Crippen molar-refractivity contribution in [3.63, 3.8) is 0 Å². The van der Waals surface area contributed by atoms with Crippen LogP contribution in [0.15, 0.2) is 40.9 Å². The Bertz CT molecular complexity index is 1580. The van der Waals surface area contributed by atoms with Gasteiger partial charge < -0.3 is 14.0 Å². The number of amides is 1. The Morgan fingerprint density at radius 2 is 2.00 bits per heavy atom. The molecule has 39 heavy (non-hydrogen) atoms. The van der Waals surface area contributed by atoms with Gasteiger partial charge in [0.25, 0.3) is 0 Å². The van der Waals surface area contributed by atoms with E-state index in [9.17, 15) is 9.18 Å². The zero-order valence-corrected chi connectivity index (χ0v) is 22.8. The topological polar surface area (TPSA) is 82.6 Å². The van der Waals surface area contributed by atoms with Crippen LogP contribution < -0.4 is 4.90 Å². The minimum absolute atomic E-state index is 0.0886. The summed E-state index contributed by atoms with van der Waals surface area (Å²) in [5.41, 5.74) is 3.87. The van der Waals surface area contributed by atoms with Crippen LogP contribution in [0.4, 0.5) is 14.9 Å². The summed E-state index contributed by atoms with van der Waals surface area (Å²) in [5.74, 6) is 0.776. The summed E-state index contributed by atoms with van der Waals surface area (Å²) in [5, 5.41) is 4.02. The van der Waals surface area contributed by atoms with E-state index in [2.05, 4.69) is 9.72 Å². The van der Waals surface area contributed by atoms with Crippen molar-refractivity contribution in [3.8, 4) is 11.1 Å². The van der Waals surface area contributed by atoms with Gasteiger partial charge in [0.2, 0.25) is 0 Å². The van der Waals surface area contributed by atoms with Gasteiger partial charge in [-0.2, -0.15) is 0 Å². The first-order chi connectivity index (χ1) is 19.2. The number of benzene rings is 2. The molecule has 3 heterocycles. The predicted molar refractivity (Wildman–Crippen MR) is 145 cm³/mol. The summed E-state index contributed by atoms with van der Waals surface area (Å²) in [6.07, 6.45) is 2.34. The number of carbonyl (C=O) groups excluding carboxylic acids is 1. The van der Waals surface area contributed by atoms with Crippen LogP contribution in [0, 0.1) is 19.7 Å². The predicted octanol–water partition coefficient (Wildman–Crippen LogP) is 7.45. The zero-order chi connectivity index (χ0) is 28.2. The van der Waals surface area contributed by atoms with Crippen LogP contribution in [-0.2, 0) is 15.2 Å². The maximum Gasteiger partial charge on any atom is 0.414 e. The third-order valence-electron chi connectivity index (χ3n) is 7.87. The lowest BCUT2D eigenvalue weighted by Crippen LogP contribution is -2.45. The zero-order valence-electron chi connectivity index (χ0n) is 23.0. The molecule has 1 aliphatic carbocycles. The van der Waals surface area contributed by atoms with E-state index in [0.717, 1.165) is 27.9 Å². The van der Waals surface area contributed by atoms with Gasteiger partial charge >= 0.3 is 6.09 Å². The largest absolute Gasteiger partial charge is 0.449 e. The highest BCUT2D eigenvalue weighted by Crippen LogP contribution is 2.44. The van der Waals surface area contributed by atoms with E-state index in [0.29, 0.717) is 49.4 Å². The summed E-state index contributed by atoms with van der Waals surface area (Å²) < 4.78 is 41.6. The number of carbonyl (C=O) groups is 1. The normalized spacial score (nSPS) is 24.2. The Morgan fingerprint density at radius 3 is 2.69 bits per heavy atom. The summed E-state index contributed by atoms with van der Waals surface area (Å²) in [4.78, 5) is 19.8. The van der Waals surface area contributed by atoms with E-state index in [1.165, 1.54) is 23.1 Å². The minimum atomic E-state index is -0.750. The second kappa shape index (κ2) is 9.95. The van der Waals surface area contributed by atoms with E-state index in [4.69, 9.17) is 32.0 Å².